The third kappa shape index (κ3) is 6.94. The van der Waals surface area contributed by atoms with Gasteiger partial charge in [-0.2, -0.15) is 0 Å². The van der Waals surface area contributed by atoms with Crippen LogP contribution in [0.2, 0.25) is 16.6 Å². The molecule has 0 unspecified atom stereocenters. The molecule has 1 aliphatic heterocycles. The number of piperidine rings is 1. The second kappa shape index (κ2) is 14.6. The van der Waals surface area contributed by atoms with Crippen LogP contribution in [0.4, 0.5) is 23.4 Å². The number of fused-ring (bicyclic) bond motifs is 2. The van der Waals surface area contributed by atoms with Crippen molar-refractivity contribution in [1.29, 1.82) is 0 Å². The number of alkyl halides is 2. The number of pyridine rings is 1. The fourth-order valence-electron chi connectivity index (χ4n) is 7.56. The summed E-state index contributed by atoms with van der Waals surface area (Å²) < 4.78 is 73.7. The van der Waals surface area contributed by atoms with Crippen molar-refractivity contribution in [3.8, 4) is 28.6 Å². The summed E-state index contributed by atoms with van der Waals surface area (Å²) in [7, 11) is -0.491. The lowest BCUT2D eigenvalue weighted by Crippen LogP contribution is -2.43. The number of aromatic nitrogens is 3. The molecule has 0 saturated carbocycles. The zero-order valence-electron chi connectivity index (χ0n) is 29.6. The Bertz CT molecular complexity index is 1930. The molecule has 13 heteroatoms. The molecular formula is C36H44F4N4O2SSi2. The minimum absolute atomic E-state index is 0.0135. The minimum Gasteiger partial charge on any atom is -0.480 e. The van der Waals surface area contributed by atoms with E-state index in [1.54, 1.807) is 25.5 Å². The second-order valence-electron chi connectivity index (χ2n) is 13.7. The summed E-state index contributed by atoms with van der Waals surface area (Å²) in [5, 5.41) is 2.30. The molecule has 2 aromatic heterocycles. The summed E-state index contributed by atoms with van der Waals surface area (Å²) in [6.45, 7) is 12.9. The number of anilines is 1. The molecule has 0 amide bonds. The summed E-state index contributed by atoms with van der Waals surface area (Å²) in [4.78, 5) is 15.2. The van der Waals surface area contributed by atoms with Crippen LogP contribution in [-0.4, -0.2) is 72.3 Å². The third-order valence-corrected chi connectivity index (χ3v) is 17.6. The highest BCUT2D eigenvalue weighted by molar-refractivity contribution is 7.98. The fourth-order valence-corrected chi connectivity index (χ4v) is 14.1. The Morgan fingerprint density at radius 1 is 0.980 bits per heavy atom. The van der Waals surface area contributed by atoms with E-state index in [1.165, 1.54) is 29.8 Å². The van der Waals surface area contributed by atoms with E-state index in [0.29, 0.717) is 39.5 Å². The first-order valence-corrected chi connectivity index (χ1v) is 21.3. The van der Waals surface area contributed by atoms with Crippen molar-refractivity contribution in [2.75, 3.05) is 38.5 Å². The van der Waals surface area contributed by atoms with Gasteiger partial charge in [-0.25, -0.2) is 32.5 Å². The molecule has 2 aromatic carbocycles. The molecule has 1 fully saturated rings. The number of methoxy groups -OCH3 is 1. The molecule has 262 valence electrons. The minimum atomic E-state index is -2.93. The number of ether oxygens (including phenoxy) is 1. The van der Waals surface area contributed by atoms with Crippen molar-refractivity contribution < 1.29 is 26.7 Å². The van der Waals surface area contributed by atoms with E-state index in [-0.39, 0.29) is 51.9 Å². The molecule has 0 radical (unpaired) electrons. The number of hydrogen-bond donors (Lipinski definition) is 0. The molecular weight excluding hydrogens is 685 g/mol. The van der Waals surface area contributed by atoms with Gasteiger partial charge in [-0.05, 0) is 45.9 Å². The quantitative estimate of drug-likeness (QED) is 0.0569. The molecule has 1 saturated heterocycles. The SMILES string of the molecule is CO[SiH2]c1cc(-c2nc(OC)c3c(N4CCCC(F)(F)C4)nc(SC)nc3c2F)c2c(C#C[Si](C(C)C)(C(C)C)C(C)C)c(F)ccc2c1. The molecule has 0 spiro atoms. The lowest BCUT2D eigenvalue weighted by molar-refractivity contribution is -0.0118. The van der Waals surface area contributed by atoms with Gasteiger partial charge in [0, 0.05) is 31.0 Å². The lowest BCUT2D eigenvalue weighted by Gasteiger charge is -2.38. The highest BCUT2D eigenvalue weighted by Crippen LogP contribution is 2.43. The van der Waals surface area contributed by atoms with Gasteiger partial charge in [0.1, 0.15) is 36.3 Å². The summed E-state index contributed by atoms with van der Waals surface area (Å²) >= 11 is 1.18. The molecule has 1 aliphatic rings. The Morgan fingerprint density at radius 3 is 2.27 bits per heavy atom. The van der Waals surface area contributed by atoms with E-state index in [9.17, 15) is 8.78 Å². The molecule has 3 heterocycles. The van der Waals surface area contributed by atoms with E-state index in [1.807, 2.05) is 6.07 Å². The Morgan fingerprint density at radius 2 is 1.67 bits per heavy atom. The zero-order chi connectivity index (χ0) is 35.8. The number of nitrogens with zero attached hydrogens (tertiary/aromatic N) is 4. The number of hydrogen-bond acceptors (Lipinski definition) is 7. The van der Waals surface area contributed by atoms with Crippen LogP contribution >= 0.6 is 11.8 Å². The normalized spacial score (nSPS) is 15.3. The van der Waals surface area contributed by atoms with E-state index < -0.39 is 41.9 Å². The van der Waals surface area contributed by atoms with Gasteiger partial charge >= 0.3 is 0 Å². The topological polar surface area (TPSA) is 60.4 Å². The van der Waals surface area contributed by atoms with Gasteiger partial charge < -0.3 is 14.1 Å². The van der Waals surface area contributed by atoms with Gasteiger partial charge in [-0.15, -0.1) is 5.54 Å². The molecule has 0 atom stereocenters. The number of thioether (sulfide) groups is 1. The molecule has 0 N–H and O–H groups in total. The van der Waals surface area contributed by atoms with E-state index >= 15 is 8.78 Å². The van der Waals surface area contributed by atoms with Crippen LogP contribution in [0, 0.1) is 23.1 Å². The number of halogens is 4. The summed E-state index contributed by atoms with van der Waals surface area (Å²) in [6, 6.07) is 6.81. The van der Waals surface area contributed by atoms with Crippen LogP contribution in [0.25, 0.3) is 32.9 Å². The Kier molecular flexibility index (Phi) is 11.0. The molecule has 49 heavy (non-hydrogen) atoms. The summed E-state index contributed by atoms with van der Waals surface area (Å²) in [5.41, 5.74) is 4.90. The Hall–Kier alpha value is -3.19. The van der Waals surface area contributed by atoms with Gasteiger partial charge in [0.25, 0.3) is 5.92 Å². The first-order chi connectivity index (χ1) is 23.2. The average molecular weight is 729 g/mol. The maximum Gasteiger partial charge on any atom is 0.265 e. The van der Waals surface area contributed by atoms with Gasteiger partial charge in [-0.3, -0.25) is 0 Å². The van der Waals surface area contributed by atoms with Crippen LogP contribution in [-0.2, 0) is 4.43 Å². The maximum absolute atomic E-state index is 17.1. The van der Waals surface area contributed by atoms with Crippen molar-refractivity contribution >= 4 is 62.3 Å². The van der Waals surface area contributed by atoms with E-state index in [0.717, 1.165) is 5.19 Å². The first-order valence-electron chi connectivity index (χ1n) is 16.6. The van der Waals surface area contributed by atoms with Crippen molar-refractivity contribution in [3.05, 3.63) is 41.5 Å². The zero-order valence-corrected chi connectivity index (χ0v) is 32.8. The lowest BCUT2D eigenvalue weighted by atomic mass is 9.96. The maximum atomic E-state index is 17.1. The molecule has 6 nitrogen and oxygen atoms in total. The van der Waals surface area contributed by atoms with Crippen molar-refractivity contribution in [2.24, 2.45) is 0 Å². The molecule has 4 aromatic rings. The van der Waals surface area contributed by atoms with Crippen molar-refractivity contribution in [2.45, 2.75) is 82.1 Å². The Labute approximate surface area is 293 Å². The Balaban J connectivity index is 1.88. The van der Waals surface area contributed by atoms with Crippen LogP contribution in [0.1, 0.15) is 59.9 Å². The van der Waals surface area contributed by atoms with Gasteiger partial charge in [0.2, 0.25) is 5.88 Å². The van der Waals surface area contributed by atoms with Gasteiger partial charge in [-0.1, -0.05) is 77.4 Å². The predicted molar refractivity (Wildman–Crippen MR) is 198 cm³/mol. The average Bonchev–Trinajstić information content (AvgIpc) is 3.04. The number of rotatable bonds is 9. The smallest absolute Gasteiger partial charge is 0.265 e. The van der Waals surface area contributed by atoms with Crippen LogP contribution in [0.5, 0.6) is 5.88 Å². The molecule has 5 rings (SSSR count). The van der Waals surface area contributed by atoms with Gasteiger partial charge in [0.15, 0.2) is 20.7 Å². The molecule has 0 bridgehead atoms. The summed E-state index contributed by atoms with van der Waals surface area (Å²) in [6.07, 6.45) is 1.75. The van der Waals surface area contributed by atoms with Crippen molar-refractivity contribution in [1.82, 2.24) is 15.0 Å². The first kappa shape index (κ1) is 37.1. The van der Waals surface area contributed by atoms with Crippen LogP contribution in [0.3, 0.4) is 0 Å². The van der Waals surface area contributed by atoms with Crippen LogP contribution < -0.4 is 14.8 Å². The predicted octanol–water partition coefficient (Wildman–Crippen LogP) is 8.01. The van der Waals surface area contributed by atoms with E-state index in [4.69, 9.17) is 9.16 Å². The fraction of sp³-hybridized carbons (Fsp3) is 0.472. The largest absolute Gasteiger partial charge is 0.480 e. The third-order valence-electron chi connectivity index (χ3n) is 9.74. The highest BCUT2D eigenvalue weighted by Gasteiger charge is 2.42. The summed E-state index contributed by atoms with van der Waals surface area (Å²) in [5.74, 6) is -0.797. The second-order valence-corrected chi connectivity index (χ2v) is 21.7. The highest BCUT2D eigenvalue weighted by atomic mass is 32.2. The monoisotopic (exact) mass is 728 g/mol. The molecule has 0 aliphatic carbocycles. The van der Waals surface area contributed by atoms with Crippen LogP contribution in [0.15, 0.2) is 29.4 Å². The number of benzene rings is 2. The van der Waals surface area contributed by atoms with Crippen molar-refractivity contribution in [3.63, 3.8) is 0 Å². The standard InChI is InChI=1S/C36H44F4N4O2SSi2/c1-20(2)49(21(3)4,22(5)6)16-13-25-27(37)12-11-23-17-24(48-46-8)18-26(28(23)25)31-30(38)32-29(34(41-31)45-7)33(43-35(42-32)47-9)44-15-10-14-36(39,40)19-44/h11-12,17-18,20-22H,10,14-15,19,48H2,1-9H3. The van der Waals surface area contributed by atoms with E-state index in [2.05, 4.69) is 68.0 Å². The van der Waals surface area contributed by atoms with Gasteiger partial charge in [0.05, 0.1) is 19.2 Å².